The van der Waals surface area contributed by atoms with E-state index in [9.17, 15) is 14.4 Å². The van der Waals surface area contributed by atoms with Gasteiger partial charge in [-0.2, -0.15) is 9.61 Å². The normalized spacial score (nSPS) is 10.8. The number of carbonyl (C=O) groups excluding carboxylic acids is 2. The summed E-state index contributed by atoms with van der Waals surface area (Å²) in [4.78, 5) is 40.8. The summed E-state index contributed by atoms with van der Waals surface area (Å²) in [5.74, 6) is -0.973. The Labute approximate surface area is 165 Å². The third-order valence-corrected chi connectivity index (χ3v) is 4.86. The number of nitrogens with one attached hydrogen (secondary N) is 1. The first-order chi connectivity index (χ1) is 13.6. The fourth-order valence-electron chi connectivity index (χ4n) is 2.45. The molecule has 2 heterocycles. The lowest BCUT2D eigenvalue weighted by Crippen LogP contribution is -2.30. The second kappa shape index (κ2) is 9.23. The van der Waals surface area contributed by atoms with E-state index in [0.29, 0.717) is 16.2 Å². The van der Waals surface area contributed by atoms with Crippen molar-refractivity contribution in [2.24, 2.45) is 0 Å². The topological polar surface area (TPSA) is 103 Å². The number of aromatic nitrogens is 3. The number of nitrogens with zero attached hydrogens (tertiary/aromatic N) is 3. The molecule has 0 aliphatic heterocycles. The van der Waals surface area contributed by atoms with E-state index in [0.717, 1.165) is 24.3 Å². The zero-order valence-corrected chi connectivity index (χ0v) is 16.2. The van der Waals surface area contributed by atoms with Gasteiger partial charge in [-0.3, -0.25) is 14.4 Å². The van der Waals surface area contributed by atoms with Gasteiger partial charge in [-0.15, -0.1) is 0 Å². The van der Waals surface area contributed by atoms with Gasteiger partial charge in [0, 0.05) is 18.1 Å². The fourth-order valence-corrected chi connectivity index (χ4v) is 3.41. The number of aryl methyl sites for hydroxylation is 1. The van der Waals surface area contributed by atoms with E-state index < -0.39 is 5.97 Å². The average molecular weight is 400 g/mol. The van der Waals surface area contributed by atoms with Crippen LogP contribution in [-0.2, 0) is 22.6 Å². The Morgan fingerprint density at radius 2 is 2.04 bits per heavy atom. The van der Waals surface area contributed by atoms with Crippen LogP contribution in [0.4, 0.5) is 0 Å². The van der Waals surface area contributed by atoms with Crippen molar-refractivity contribution in [3.8, 4) is 0 Å². The molecule has 0 saturated carbocycles. The largest absolute Gasteiger partial charge is 0.458 e. The molecule has 0 aliphatic carbocycles. The summed E-state index contributed by atoms with van der Waals surface area (Å²) in [7, 11) is 0. The molecule has 1 N–H and O–H groups in total. The molecular formula is C19H20N4O4S. The van der Waals surface area contributed by atoms with Gasteiger partial charge in [0.15, 0.2) is 0 Å². The highest BCUT2D eigenvalue weighted by Gasteiger charge is 2.12. The molecule has 3 rings (SSSR count). The molecule has 0 aliphatic rings. The molecule has 3 aromatic rings. The summed E-state index contributed by atoms with van der Waals surface area (Å²) < 4.78 is 6.37. The molecule has 9 heteroatoms. The van der Waals surface area contributed by atoms with Crippen molar-refractivity contribution in [3.63, 3.8) is 0 Å². The number of unbranched alkanes of at least 4 members (excludes halogenated alkanes) is 1. The number of hydrogen-bond donors (Lipinski definition) is 1. The minimum absolute atomic E-state index is 0.145. The van der Waals surface area contributed by atoms with Crippen molar-refractivity contribution in [3.05, 3.63) is 63.0 Å². The molecule has 8 nitrogen and oxygen atoms in total. The van der Waals surface area contributed by atoms with Crippen molar-refractivity contribution in [2.45, 2.75) is 32.8 Å². The monoisotopic (exact) mass is 400 g/mol. The highest BCUT2D eigenvalue weighted by molar-refractivity contribution is 7.16. The number of hydrogen-bond acceptors (Lipinski definition) is 7. The summed E-state index contributed by atoms with van der Waals surface area (Å²) in [5, 5.41) is 7.61. The van der Waals surface area contributed by atoms with Gasteiger partial charge in [0.25, 0.3) is 11.5 Å². The maximum Gasteiger partial charge on any atom is 0.325 e. The van der Waals surface area contributed by atoms with Crippen molar-refractivity contribution in [2.75, 3.05) is 6.54 Å². The predicted molar refractivity (Wildman–Crippen MR) is 104 cm³/mol. The summed E-state index contributed by atoms with van der Waals surface area (Å²) in [5.41, 5.74) is 0.491. The molecule has 0 radical (unpaired) electrons. The van der Waals surface area contributed by atoms with Crippen molar-refractivity contribution >= 4 is 28.2 Å². The fraction of sp³-hybridized carbons (Fsp3) is 0.316. The number of benzene rings is 1. The lowest BCUT2D eigenvalue weighted by Gasteiger charge is -2.06. The molecule has 0 bridgehead atoms. The molecule has 1 amide bonds. The Balaban J connectivity index is 1.56. The van der Waals surface area contributed by atoms with Crippen molar-refractivity contribution < 1.29 is 14.3 Å². The van der Waals surface area contributed by atoms with Crippen LogP contribution in [0.2, 0.25) is 0 Å². The summed E-state index contributed by atoms with van der Waals surface area (Å²) in [6, 6.07) is 9.87. The molecule has 0 fully saturated rings. The van der Waals surface area contributed by atoms with Crippen LogP contribution in [0.25, 0.3) is 4.96 Å². The first-order valence-electron chi connectivity index (χ1n) is 8.94. The van der Waals surface area contributed by atoms with E-state index in [1.807, 2.05) is 0 Å². The summed E-state index contributed by atoms with van der Waals surface area (Å²) in [6.07, 6.45) is 2.84. The van der Waals surface area contributed by atoms with Crippen LogP contribution >= 0.6 is 11.3 Å². The van der Waals surface area contributed by atoms with Crippen LogP contribution in [-0.4, -0.2) is 33.0 Å². The Hall–Kier alpha value is -3.07. The Morgan fingerprint density at radius 3 is 2.79 bits per heavy atom. The van der Waals surface area contributed by atoms with E-state index in [4.69, 9.17) is 4.74 Å². The highest BCUT2D eigenvalue weighted by Crippen LogP contribution is 2.14. The first-order valence-corrected chi connectivity index (χ1v) is 9.76. The Bertz CT molecular complexity index is 1030. The van der Waals surface area contributed by atoms with E-state index in [1.54, 1.807) is 30.3 Å². The Kier molecular flexibility index (Phi) is 6.49. The number of esters is 1. The van der Waals surface area contributed by atoms with E-state index >= 15 is 0 Å². The van der Waals surface area contributed by atoms with Gasteiger partial charge >= 0.3 is 5.97 Å². The number of carbonyl (C=O) groups is 2. The maximum absolute atomic E-state index is 12.2. The van der Waals surface area contributed by atoms with Crippen LogP contribution in [0.3, 0.4) is 0 Å². The number of rotatable bonds is 8. The molecule has 0 unspecified atom stereocenters. The summed E-state index contributed by atoms with van der Waals surface area (Å²) in [6.45, 7) is 1.68. The Morgan fingerprint density at radius 1 is 1.25 bits per heavy atom. The zero-order valence-electron chi connectivity index (χ0n) is 15.4. The third kappa shape index (κ3) is 5.01. The van der Waals surface area contributed by atoms with Crippen LogP contribution in [0.5, 0.6) is 0 Å². The van der Waals surface area contributed by atoms with Gasteiger partial charge in [-0.1, -0.05) is 42.9 Å². The second-order valence-electron chi connectivity index (χ2n) is 6.09. The van der Waals surface area contributed by atoms with Gasteiger partial charge in [-0.05, 0) is 18.6 Å². The van der Waals surface area contributed by atoms with E-state index in [-0.39, 0.29) is 24.6 Å². The highest BCUT2D eigenvalue weighted by atomic mass is 32.1. The molecule has 1 aromatic carbocycles. The quantitative estimate of drug-likeness (QED) is 0.580. The van der Waals surface area contributed by atoms with E-state index in [2.05, 4.69) is 22.3 Å². The van der Waals surface area contributed by atoms with Gasteiger partial charge in [-0.25, -0.2) is 4.98 Å². The minimum Gasteiger partial charge on any atom is -0.458 e. The van der Waals surface area contributed by atoms with Crippen LogP contribution < -0.4 is 10.9 Å². The molecule has 0 saturated heterocycles. The van der Waals surface area contributed by atoms with Gasteiger partial charge in [0.2, 0.25) is 4.96 Å². The molecule has 0 atom stereocenters. The standard InChI is InChI=1S/C19H20N4O4S/c1-2-3-9-15-22-23-16(24)10-14(21-19(23)28-15)12-27-17(25)11-20-18(26)13-7-5-4-6-8-13/h4-8,10H,2-3,9,11-12H2,1H3,(H,20,26). The number of amides is 1. The van der Waals surface area contributed by atoms with Crippen molar-refractivity contribution in [1.82, 2.24) is 19.9 Å². The summed E-state index contributed by atoms with van der Waals surface area (Å²) >= 11 is 1.35. The van der Waals surface area contributed by atoms with Crippen molar-refractivity contribution in [1.29, 1.82) is 0 Å². The molecule has 0 spiro atoms. The van der Waals surface area contributed by atoms with Crippen LogP contribution in [0.1, 0.15) is 40.8 Å². The smallest absolute Gasteiger partial charge is 0.325 e. The van der Waals surface area contributed by atoms with Crippen LogP contribution in [0.15, 0.2) is 41.2 Å². The number of fused-ring (bicyclic) bond motifs is 1. The lowest BCUT2D eigenvalue weighted by molar-refractivity contribution is -0.143. The molecule has 28 heavy (non-hydrogen) atoms. The third-order valence-electron chi connectivity index (χ3n) is 3.89. The van der Waals surface area contributed by atoms with Gasteiger partial charge in [0.1, 0.15) is 18.2 Å². The van der Waals surface area contributed by atoms with Crippen LogP contribution in [0, 0.1) is 0 Å². The van der Waals surface area contributed by atoms with Gasteiger partial charge < -0.3 is 10.1 Å². The maximum atomic E-state index is 12.2. The minimum atomic E-state index is -0.612. The lowest BCUT2D eigenvalue weighted by atomic mass is 10.2. The first kappa shape index (κ1) is 19.7. The molecule has 2 aromatic heterocycles. The molecular weight excluding hydrogens is 380 g/mol. The predicted octanol–water partition coefficient (Wildman–Crippen LogP) is 1.97. The SMILES string of the molecule is CCCCc1nn2c(=O)cc(COC(=O)CNC(=O)c3ccccc3)nc2s1. The van der Waals surface area contributed by atoms with E-state index in [1.165, 1.54) is 21.9 Å². The molecule has 146 valence electrons. The zero-order chi connectivity index (χ0) is 19.9. The van der Waals surface area contributed by atoms with Gasteiger partial charge in [0.05, 0.1) is 5.69 Å². The number of ether oxygens (including phenoxy) is 1. The second-order valence-corrected chi connectivity index (χ2v) is 7.13. The average Bonchev–Trinajstić information content (AvgIpc) is 3.13.